The molecular weight excluding hydrogens is 268 g/mol. The SMILES string of the molecule is Cc1ccc(N2CCN(C(=O)CCC(=O)O)CC2)cc1C. The molecule has 0 bridgehead atoms. The number of aryl methyl sites for hydroxylation is 2. The van der Waals surface area contributed by atoms with Crippen LogP contribution >= 0.6 is 0 Å². The first-order valence-electron chi connectivity index (χ1n) is 7.29. The van der Waals surface area contributed by atoms with E-state index in [-0.39, 0.29) is 18.7 Å². The van der Waals surface area contributed by atoms with Gasteiger partial charge in [0.1, 0.15) is 0 Å². The Balaban J connectivity index is 1.89. The predicted molar refractivity (Wildman–Crippen MR) is 81.6 cm³/mol. The number of carbonyl (C=O) groups is 2. The van der Waals surface area contributed by atoms with Gasteiger partial charge < -0.3 is 14.9 Å². The van der Waals surface area contributed by atoms with Crippen molar-refractivity contribution in [3.8, 4) is 0 Å². The lowest BCUT2D eigenvalue weighted by Crippen LogP contribution is -2.48. The minimum atomic E-state index is -0.919. The summed E-state index contributed by atoms with van der Waals surface area (Å²) in [5, 5.41) is 8.62. The smallest absolute Gasteiger partial charge is 0.303 e. The number of aliphatic carboxylic acids is 1. The first-order chi connectivity index (χ1) is 9.97. The van der Waals surface area contributed by atoms with Crippen LogP contribution in [-0.2, 0) is 9.59 Å². The van der Waals surface area contributed by atoms with Crippen molar-refractivity contribution in [3.05, 3.63) is 29.3 Å². The van der Waals surface area contributed by atoms with Gasteiger partial charge in [0.15, 0.2) is 0 Å². The Morgan fingerprint density at radius 3 is 2.29 bits per heavy atom. The van der Waals surface area contributed by atoms with Crippen LogP contribution in [0.4, 0.5) is 5.69 Å². The average molecular weight is 290 g/mol. The Morgan fingerprint density at radius 1 is 1.05 bits per heavy atom. The van der Waals surface area contributed by atoms with E-state index in [9.17, 15) is 9.59 Å². The fraction of sp³-hybridized carbons (Fsp3) is 0.500. The summed E-state index contributed by atoms with van der Waals surface area (Å²) in [6, 6.07) is 6.41. The van der Waals surface area contributed by atoms with Gasteiger partial charge in [0.05, 0.1) is 6.42 Å². The van der Waals surface area contributed by atoms with Crippen LogP contribution in [0.15, 0.2) is 18.2 Å². The van der Waals surface area contributed by atoms with Crippen LogP contribution in [0.25, 0.3) is 0 Å². The molecule has 0 radical (unpaired) electrons. The zero-order valence-electron chi connectivity index (χ0n) is 12.6. The highest BCUT2D eigenvalue weighted by Crippen LogP contribution is 2.20. The van der Waals surface area contributed by atoms with E-state index in [1.165, 1.54) is 16.8 Å². The Morgan fingerprint density at radius 2 is 1.71 bits per heavy atom. The molecule has 5 nitrogen and oxygen atoms in total. The predicted octanol–water partition coefficient (Wildman–Crippen LogP) is 1.82. The number of carboxylic acids is 1. The molecule has 0 aliphatic carbocycles. The lowest BCUT2D eigenvalue weighted by molar-refractivity contribution is -0.141. The maximum absolute atomic E-state index is 11.9. The summed E-state index contributed by atoms with van der Waals surface area (Å²) in [5.74, 6) is -0.978. The molecule has 5 heteroatoms. The third-order valence-electron chi connectivity index (χ3n) is 4.04. The van der Waals surface area contributed by atoms with Gasteiger partial charge in [-0.1, -0.05) is 6.07 Å². The first kappa shape index (κ1) is 15.4. The fourth-order valence-electron chi connectivity index (χ4n) is 2.51. The van der Waals surface area contributed by atoms with Gasteiger partial charge in [-0.2, -0.15) is 0 Å². The number of carboxylic acid groups (broad SMARTS) is 1. The second-order valence-electron chi connectivity index (χ2n) is 5.53. The number of rotatable bonds is 4. The van der Waals surface area contributed by atoms with Crippen LogP contribution in [0.3, 0.4) is 0 Å². The number of carbonyl (C=O) groups excluding carboxylic acids is 1. The Labute approximate surface area is 125 Å². The molecule has 0 spiro atoms. The highest BCUT2D eigenvalue weighted by atomic mass is 16.4. The Bertz CT molecular complexity index is 534. The van der Waals surface area contributed by atoms with Crippen molar-refractivity contribution in [1.29, 1.82) is 0 Å². The van der Waals surface area contributed by atoms with Crippen LogP contribution in [-0.4, -0.2) is 48.1 Å². The molecule has 0 saturated carbocycles. The highest BCUT2D eigenvalue weighted by molar-refractivity contribution is 5.81. The fourth-order valence-corrected chi connectivity index (χ4v) is 2.51. The molecule has 1 heterocycles. The number of anilines is 1. The van der Waals surface area contributed by atoms with Gasteiger partial charge in [-0.25, -0.2) is 0 Å². The Kier molecular flexibility index (Phi) is 4.83. The van der Waals surface area contributed by atoms with Crippen LogP contribution in [0.1, 0.15) is 24.0 Å². The number of nitrogens with zero attached hydrogens (tertiary/aromatic N) is 2. The van der Waals surface area contributed by atoms with Crippen molar-refractivity contribution in [1.82, 2.24) is 4.90 Å². The summed E-state index contributed by atoms with van der Waals surface area (Å²) in [5.41, 5.74) is 3.74. The standard InChI is InChI=1S/C16H22N2O3/c1-12-3-4-14(11-13(12)2)17-7-9-18(10-8-17)15(19)5-6-16(20)21/h3-4,11H,5-10H2,1-2H3,(H,20,21). The van der Waals surface area contributed by atoms with E-state index >= 15 is 0 Å². The summed E-state index contributed by atoms with van der Waals surface area (Å²) >= 11 is 0. The summed E-state index contributed by atoms with van der Waals surface area (Å²) in [6.07, 6.45) is 0.00910. The topological polar surface area (TPSA) is 60.9 Å². The van der Waals surface area contributed by atoms with Gasteiger partial charge >= 0.3 is 5.97 Å². The molecule has 1 aromatic rings. The van der Waals surface area contributed by atoms with Crippen LogP contribution in [0.2, 0.25) is 0 Å². The molecule has 21 heavy (non-hydrogen) atoms. The van der Waals surface area contributed by atoms with Crippen molar-refractivity contribution in [2.24, 2.45) is 0 Å². The van der Waals surface area contributed by atoms with Crippen LogP contribution < -0.4 is 4.90 Å². The lowest BCUT2D eigenvalue weighted by Gasteiger charge is -2.36. The zero-order chi connectivity index (χ0) is 15.4. The maximum atomic E-state index is 11.9. The molecule has 1 aromatic carbocycles. The van der Waals surface area contributed by atoms with Crippen molar-refractivity contribution in [2.45, 2.75) is 26.7 Å². The van der Waals surface area contributed by atoms with Crippen molar-refractivity contribution < 1.29 is 14.7 Å². The highest BCUT2D eigenvalue weighted by Gasteiger charge is 2.21. The molecule has 0 atom stereocenters. The number of hydrogen-bond donors (Lipinski definition) is 1. The normalized spacial score (nSPS) is 15.1. The summed E-state index contributed by atoms with van der Waals surface area (Å²) in [6.45, 7) is 7.10. The molecule has 0 unspecified atom stereocenters. The zero-order valence-corrected chi connectivity index (χ0v) is 12.6. The quantitative estimate of drug-likeness (QED) is 0.919. The van der Waals surface area contributed by atoms with E-state index in [0.717, 1.165) is 13.1 Å². The largest absolute Gasteiger partial charge is 0.481 e. The van der Waals surface area contributed by atoms with Crippen molar-refractivity contribution in [3.63, 3.8) is 0 Å². The summed E-state index contributed by atoms with van der Waals surface area (Å²) < 4.78 is 0. The van der Waals surface area contributed by atoms with Gasteiger partial charge in [-0.15, -0.1) is 0 Å². The molecule has 1 fully saturated rings. The minimum absolute atomic E-state index is 0.0582. The van der Waals surface area contributed by atoms with Crippen LogP contribution in [0, 0.1) is 13.8 Å². The number of benzene rings is 1. The molecule has 1 saturated heterocycles. The third kappa shape index (κ3) is 3.97. The molecule has 0 aromatic heterocycles. The maximum Gasteiger partial charge on any atom is 0.303 e. The second kappa shape index (κ2) is 6.61. The van der Waals surface area contributed by atoms with Crippen LogP contribution in [0.5, 0.6) is 0 Å². The molecule has 1 aliphatic heterocycles. The summed E-state index contributed by atoms with van der Waals surface area (Å²) in [7, 11) is 0. The first-order valence-corrected chi connectivity index (χ1v) is 7.29. The number of amides is 1. The number of hydrogen-bond acceptors (Lipinski definition) is 3. The van der Waals surface area contributed by atoms with E-state index in [2.05, 4.69) is 36.9 Å². The lowest BCUT2D eigenvalue weighted by atomic mass is 10.1. The van der Waals surface area contributed by atoms with E-state index in [1.807, 2.05) is 0 Å². The van der Waals surface area contributed by atoms with Gasteiger partial charge in [0.25, 0.3) is 0 Å². The van der Waals surface area contributed by atoms with E-state index in [4.69, 9.17) is 5.11 Å². The second-order valence-corrected chi connectivity index (χ2v) is 5.53. The molecule has 1 N–H and O–H groups in total. The molecule has 1 amide bonds. The summed E-state index contributed by atoms with van der Waals surface area (Å²) in [4.78, 5) is 26.4. The third-order valence-corrected chi connectivity index (χ3v) is 4.04. The van der Waals surface area contributed by atoms with E-state index < -0.39 is 5.97 Å². The molecule has 1 aliphatic rings. The van der Waals surface area contributed by atoms with E-state index in [0.29, 0.717) is 13.1 Å². The van der Waals surface area contributed by atoms with Gasteiger partial charge in [0.2, 0.25) is 5.91 Å². The average Bonchev–Trinajstić information content (AvgIpc) is 2.48. The number of piperazine rings is 1. The van der Waals surface area contributed by atoms with Crippen molar-refractivity contribution >= 4 is 17.6 Å². The molecule has 2 rings (SSSR count). The Hall–Kier alpha value is -2.04. The van der Waals surface area contributed by atoms with E-state index in [1.54, 1.807) is 4.90 Å². The van der Waals surface area contributed by atoms with Gasteiger partial charge in [-0.05, 0) is 37.1 Å². The molecule has 114 valence electrons. The monoisotopic (exact) mass is 290 g/mol. The van der Waals surface area contributed by atoms with Gasteiger partial charge in [0, 0.05) is 38.3 Å². The minimum Gasteiger partial charge on any atom is -0.481 e. The molecular formula is C16H22N2O3. The van der Waals surface area contributed by atoms with Crippen molar-refractivity contribution in [2.75, 3.05) is 31.1 Å². The van der Waals surface area contributed by atoms with Gasteiger partial charge in [-0.3, -0.25) is 9.59 Å².